The minimum absolute atomic E-state index is 0.436. The lowest BCUT2D eigenvalue weighted by molar-refractivity contribution is 0.100. The molecule has 0 aliphatic heterocycles. The van der Waals surface area contributed by atoms with Gasteiger partial charge in [-0.3, -0.25) is 9.89 Å². The maximum atomic E-state index is 11.0. The van der Waals surface area contributed by atoms with Crippen molar-refractivity contribution >= 4 is 16.8 Å². The number of carbonyl (C=O) groups is 1. The van der Waals surface area contributed by atoms with Crippen molar-refractivity contribution in [2.24, 2.45) is 5.73 Å². The van der Waals surface area contributed by atoms with Gasteiger partial charge in [0.2, 0.25) is 0 Å². The van der Waals surface area contributed by atoms with Crippen LogP contribution in [0.15, 0.2) is 18.2 Å². The minimum Gasteiger partial charge on any atom is -0.366 e. The molecule has 0 radical (unpaired) electrons. The number of nitrogens with zero attached hydrogens (tertiary/aromatic N) is 1. The minimum atomic E-state index is -0.436. The van der Waals surface area contributed by atoms with E-state index >= 15 is 0 Å². The van der Waals surface area contributed by atoms with Crippen molar-refractivity contribution in [3.63, 3.8) is 0 Å². The van der Waals surface area contributed by atoms with Gasteiger partial charge in [-0.25, -0.2) is 0 Å². The number of aromatic nitrogens is 2. The second kappa shape index (κ2) is 2.58. The van der Waals surface area contributed by atoms with Gasteiger partial charge in [-0.05, 0) is 13.0 Å². The van der Waals surface area contributed by atoms with Crippen LogP contribution < -0.4 is 5.73 Å². The molecule has 3 N–H and O–H groups in total. The van der Waals surface area contributed by atoms with Crippen LogP contribution >= 0.6 is 0 Å². The molecule has 1 aromatic heterocycles. The Morgan fingerprint density at radius 2 is 2.31 bits per heavy atom. The molecule has 1 aromatic carbocycles. The van der Waals surface area contributed by atoms with Gasteiger partial charge in [0.25, 0.3) is 5.91 Å². The molecule has 0 aliphatic rings. The van der Waals surface area contributed by atoms with Crippen LogP contribution in [0.1, 0.15) is 16.1 Å². The predicted octanol–water partition coefficient (Wildman–Crippen LogP) is 0.970. The number of amides is 1. The zero-order chi connectivity index (χ0) is 9.42. The van der Waals surface area contributed by atoms with E-state index in [1.165, 1.54) is 0 Å². The second-order valence-corrected chi connectivity index (χ2v) is 2.90. The number of para-hydroxylation sites is 1. The topological polar surface area (TPSA) is 71.8 Å². The van der Waals surface area contributed by atoms with Gasteiger partial charge < -0.3 is 5.73 Å². The number of hydrogen-bond donors (Lipinski definition) is 2. The summed E-state index contributed by atoms with van der Waals surface area (Å²) in [7, 11) is 0. The molecule has 0 fully saturated rings. The zero-order valence-electron chi connectivity index (χ0n) is 7.16. The van der Waals surface area contributed by atoms with Gasteiger partial charge >= 0.3 is 0 Å². The molecule has 2 aromatic rings. The summed E-state index contributed by atoms with van der Waals surface area (Å²) in [6.45, 7) is 1.88. The van der Waals surface area contributed by atoms with Crippen molar-refractivity contribution in [2.75, 3.05) is 0 Å². The summed E-state index contributed by atoms with van der Waals surface area (Å²) >= 11 is 0. The number of aryl methyl sites for hydroxylation is 1. The highest BCUT2D eigenvalue weighted by Crippen LogP contribution is 2.18. The molecule has 13 heavy (non-hydrogen) atoms. The molecule has 0 unspecified atom stereocenters. The predicted molar refractivity (Wildman–Crippen MR) is 49.3 cm³/mol. The second-order valence-electron chi connectivity index (χ2n) is 2.90. The van der Waals surface area contributed by atoms with Gasteiger partial charge in [0.15, 0.2) is 0 Å². The first-order valence-electron chi connectivity index (χ1n) is 3.93. The molecular weight excluding hydrogens is 166 g/mol. The Kier molecular flexibility index (Phi) is 1.55. The van der Waals surface area contributed by atoms with Crippen LogP contribution in [0, 0.1) is 6.92 Å². The third-order valence-corrected chi connectivity index (χ3v) is 2.06. The summed E-state index contributed by atoms with van der Waals surface area (Å²) in [5.41, 5.74) is 7.28. The van der Waals surface area contributed by atoms with E-state index in [4.69, 9.17) is 5.73 Å². The highest BCUT2D eigenvalue weighted by molar-refractivity contribution is 6.05. The van der Waals surface area contributed by atoms with Gasteiger partial charge in [0.05, 0.1) is 16.8 Å². The van der Waals surface area contributed by atoms with E-state index in [9.17, 15) is 4.79 Å². The van der Waals surface area contributed by atoms with Crippen LogP contribution in [0.3, 0.4) is 0 Å². The van der Waals surface area contributed by atoms with Gasteiger partial charge in [-0.15, -0.1) is 0 Å². The van der Waals surface area contributed by atoms with Gasteiger partial charge in [0.1, 0.15) is 0 Å². The number of H-pyrrole nitrogens is 1. The lowest BCUT2D eigenvalue weighted by atomic mass is 10.1. The molecule has 66 valence electrons. The first-order valence-corrected chi connectivity index (χ1v) is 3.93. The van der Waals surface area contributed by atoms with Crippen molar-refractivity contribution < 1.29 is 4.79 Å². The summed E-state index contributed by atoms with van der Waals surface area (Å²) < 4.78 is 0. The summed E-state index contributed by atoms with van der Waals surface area (Å²) in [6, 6.07) is 5.38. The smallest absolute Gasteiger partial charge is 0.250 e. The lowest BCUT2D eigenvalue weighted by Gasteiger charge is -1.96. The lowest BCUT2D eigenvalue weighted by Crippen LogP contribution is -2.11. The maximum Gasteiger partial charge on any atom is 0.250 e. The Balaban J connectivity index is 2.84. The van der Waals surface area contributed by atoms with Crippen LogP contribution in [0.25, 0.3) is 10.9 Å². The Hall–Kier alpha value is -1.84. The normalized spacial score (nSPS) is 10.5. The molecule has 4 heteroatoms. The van der Waals surface area contributed by atoms with E-state index in [1.807, 2.05) is 13.0 Å². The standard InChI is InChI=1S/C9H9N3O/c1-5-6-3-2-4-7(9(10)13)8(6)12-11-5/h2-4H,1H3,(H2,10,13)(H,11,12). The summed E-state index contributed by atoms with van der Waals surface area (Å²) in [5.74, 6) is -0.436. The van der Waals surface area contributed by atoms with Gasteiger partial charge in [0, 0.05) is 5.39 Å². The molecule has 0 atom stereocenters. The molecule has 0 saturated heterocycles. The molecule has 0 saturated carbocycles. The van der Waals surface area contributed by atoms with Crippen molar-refractivity contribution in [1.82, 2.24) is 10.2 Å². The number of rotatable bonds is 1. The summed E-state index contributed by atoms with van der Waals surface area (Å²) in [6.07, 6.45) is 0. The molecule has 1 amide bonds. The molecule has 2 rings (SSSR count). The number of carbonyl (C=O) groups excluding carboxylic acids is 1. The van der Waals surface area contributed by atoms with E-state index in [2.05, 4.69) is 10.2 Å². The number of aromatic amines is 1. The number of nitrogens with one attached hydrogen (secondary N) is 1. The molecule has 0 aliphatic carbocycles. The first-order chi connectivity index (χ1) is 6.20. The highest BCUT2D eigenvalue weighted by Gasteiger charge is 2.08. The molecule has 1 heterocycles. The fraction of sp³-hybridized carbons (Fsp3) is 0.111. The third-order valence-electron chi connectivity index (χ3n) is 2.06. The summed E-state index contributed by atoms with van der Waals surface area (Å²) in [5, 5.41) is 7.73. The van der Waals surface area contributed by atoms with E-state index in [0.717, 1.165) is 11.1 Å². The SMILES string of the molecule is Cc1n[nH]c2c(C(N)=O)cccc12. The van der Waals surface area contributed by atoms with Crippen LogP contribution in [-0.2, 0) is 0 Å². The largest absolute Gasteiger partial charge is 0.366 e. The van der Waals surface area contributed by atoms with Crippen molar-refractivity contribution in [2.45, 2.75) is 6.92 Å². The fourth-order valence-corrected chi connectivity index (χ4v) is 1.38. The number of primary amides is 1. The van der Waals surface area contributed by atoms with Crippen LogP contribution in [0.4, 0.5) is 0 Å². The Labute approximate surface area is 74.7 Å². The Morgan fingerprint density at radius 3 is 3.00 bits per heavy atom. The zero-order valence-corrected chi connectivity index (χ0v) is 7.16. The Morgan fingerprint density at radius 1 is 1.54 bits per heavy atom. The average molecular weight is 175 g/mol. The number of hydrogen-bond acceptors (Lipinski definition) is 2. The van der Waals surface area contributed by atoms with Gasteiger partial charge in [-0.1, -0.05) is 12.1 Å². The van der Waals surface area contributed by atoms with Crippen molar-refractivity contribution in [3.05, 3.63) is 29.5 Å². The monoisotopic (exact) mass is 175 g/mol. The Bertz CT molecular complexity index is 473. The van der Waals surface area contributed by atoms with Gasteiger partial charge in [-0.2, -0.15) is 5.10 Å². The molecular formula is C9H9N3O. The fourth-order valence-electron chi connectivity index (χ4n) is 1.38. The van der Waals surface area contributed by atoms with Crippen LogP contribution in [-0.4, -0.2) is 16.1 Å². The molecule has 0 bridgehead atoms. The summed E-state index contributed by atoms with van der Waals surface area (Å²) in [4.78, 5) is 11.0. The van der Waals surface area contributed by atoms with Crippen molar-refractivity contribution in [1.29, 1.82) is 0 Å². The van der Waals surface area contributed by atoms with E-state index < -0.39 is 5.91 Å². The van der Waals surface area contributed by atoms with E-state index in [1.54, 1.807) is 12.1 Å². The quantitative estimate of drug-likeness (QED) is 0.677. The van der Waals surface area contributed by atoms with Crippen LogP contribution in [0.5, 0.6) is 0 Å². The number of benzene rings is 1. The maximum absolute atomic E-state index is 11.0. The number of fused-ring (bicyclic) bond motifs is 1. The van der Waals surface area contributed by atoms with Crippen molar-refractivity contribution in [3.8, 4) is 0 Å². The van der Waals surface area contributed by atoms with E-state index in [-0.39, 0.29) is 0 Å². The highest BCUT2D eigenvalue weighted by atomic mass is 16.1. The van der Waals surface area contributed by atoms with Crippen LogP contribution in [0.2, 0.25) is 0 Å². The first kappa shape index (κ1) is 7.79. The van der Waals surface area contributed by atoms with E-state index in [0.29, 0.717) is 11.1 Å². The number of nitrogens with two attached hydrogens (primary N) is 1. The molecule has 4 nitrogen and oxygen atoms in total. The molecule has 0 spiro atoms. The third kappa shape index (κ3) is 1.07. The average Bonchev–Trinajstić information content (AvgIpc) is 2.48.